The van der Waals surface area contributed by atoms with E-state index in [1.807, 2.05) is 42.5 Å². The van der Waals surface area contributed by atoms with Gasteiger partial charge in [-0.05, 0) is 68.4 Å². The van der Waals surface area contributed by atoms with E-state index in [4.69, 9.17) is 14.5 Å². The molecule has 3 aromatic rings. The van der Waals surface area contributed by atoms with Crippen molar-refractivity contribution in [3.8, 4) is 0 Å². The van der Waals surface area contributed by atoms with E-state index in [2.05, 4.69) is 20.9 Å². The summed E-state index contributed by atoms with van der Waals surface area (Å²) in [5, 5.41) is 8.64. The lowest BCUT2D eigenvalue weighted by molar-refractivity contribution is -0.126. The van der Waals surface area contributed by atoms with Crippen LogP contribution in [-0.4, -0.2) is 46.2 Å². The third kappa shape index (κ3) is 6.69. The molecule has 10 heteroatoms. The molecule has 3 amide bonds. The highest BCUT2D eigenvalue weighted by atomic mass is 16.6. The number of aromatic amines is 1. The Kier molecular flexibility index (Phi) is 8.43. The summed E-state index contributed by atoms with van der Waals surface area (Å²) < 4.78 is 11.0. The maximum atomic E-state index is 13.0. The van der Waals surface area contributed by atoms with Crippen molar-refractivity contribution < 1.29 is 23.9 Å². The van der Waals surface area contributed by atoms with Crippen LogP contribution in [0.15, 0.2) is 42.5 Å². The van der Waals surface area contributed by atoms with E-state index < -0.39 is 23.3 Å². The van der Waals surface area contributed by atoms with E-state index in [1.54, 1.807) is 27.8 Å². The summed E-state index contributed by atoms with van der Waals surface area (Å²) in [5.41, 5.74) is 2.52. The monoisotopic (exact) mass is 575 g/mol. The Hall–Kier alpha value is -4.08. The van der Waals surface area contributed by atoms with E-state index >= 15 is 0 Å². The van der Waals surface area contributed by atoms with Crippen molar-refractivity contribution in [1.82, 2.24) is 25.9 Å². The van der Waals surface area contributed by atoms with Gasteiger partial charge in [0.15, 0.2) is 0 Å². The molecular formula is C32H41N5O5. The molecule has 1 heterocycles. The van der Waals surface area contributed by atoms with E-state index in [0.717, 1.165) is 53.4 Å². The number of carbonyl (C=O) groups is 3. The van der Waals surface area contributed by atoms with Gasteiger partial charge in [0, 0.05) is 19.9 Å². The van der Waals surface area contributed by atoms with Crippen LogP contribution in [-0.2, 0) is 33.7 Å². The molecule has 0 radical (unpaired) electrons. The summed E-state index contributed by atoms with van der Waals surface area (Å²) in [6, 6.07) is 13.3. The molecule has 1 saturated carbocycles. The van der Waals surface area contributed by atoms with Crippen molar-refractivity contribution in [1.29, 1.82) is 0 Å². The average molecular weight is 576 g/mol. The number of imidazole rings is 1. The molecule has 42 heavy (non-hydrogen) atoms. The van der Waals surface area contributed by atoms with Crippen LogP contribution in [0.4, 0.5) is 9.59 Å². The number of hydrogen-bond acceptors (Lipinski definition) is 6. The Morgan fingerprint density at radius 1 is 1.02 bits per heavy atom. The molecular weight excluding hydrogens is 534 g/mol. The first-order valence-electron chi connectivity index (χ1n) is 14.8. The van der Waals surface area contributed by atoms with Crippen molar-refractivity contribution in [2.24, 2.45) is 5.92 Å². The second kappa shape index (κ2) is 12.0. The molecule has 1 fully saturated rings. The molecule has 2 aliphatic rings. The summed E-state index contributed by atoms with van der Waals surface area (Å²) in [7, 11) is 1.56. The molecule has 0 saturated heterocycles. The van der Waals surface area contributed by atoms with Crippen LogP contribution in [0.25, 0.3) is 11.0 Å². The van der Waals surface area contributed by atoms with Crippen LogP contribution < -0.4 is 16.0 Å². The number of rotatable bonds is 7. The molecule has 2 atom stereocenters. The summed E-state index contributed by atoms with van der Waals surface area (Å²) >= 11 is 0. The molecule has 0 spiro atoms. The first kappa shape index (κ1) is 29.4. The largest absolute Gasteiger partial charge is 0.445 e. The van der Waals surface area contributed by atoms with Crippen LogP contribution in [0.5, 0.6) is 0 Å². The number of likely N-dealkylation sites (N-methyl/N-ethyl adjacent to an activating group) is 1. The number of carbonyl (C=O) groups excluding carboxylic acids is 3. The number of fused-ring (bicyclic) bond motifs is 2. The predicted molar refractivity (Wildman–Crippen MR) is 159 cm³/mol. The van der Waals surface area contributed by atoms with Crippen molar-refractivity contribution >= 4 is 29.1 Å². The quantitative estimate of drug-likeness (QED) is 0.305. The van der Waals surface area contributed by atoms with E-state index in [1.165, 1.54) is 6.42 Å². The molecule has 5 rings (SSSR count). The van der Waals surface area contributed by atoms with Crippen molar-refractivity contribution in [2.45, 2.75) is 89.5 Å². The number of ether oxygens (including phenoxy) is 2. The Labute approximate surface area is 246 Å². The second-order valence-electron chi connectivity index (χ2n) is 12.5. The highest BCUT2D eigenvalue weighted by Gasteiger charge is 2.46. The van der Waals surface area contributed by atoms with Crippen LogP contribution in [0.2, 0.25) is 0 Å². The molecule has 0 aliphatic heterocycles. The van der Waals surface area contributed by atoms with Crippen LogP contribution in [0.3, 0.4) is 0 Å². The molecule has 0 bridgehead atoms. The first-order valence-corrected chi connectivity index (χ1v) is 14.8. The van der Waals surface area contributed by atoms with Gasteiger partial charge in [-0.25, -0.2) is 14.6 Å². The Morgan fingerprint density at radius 2 is 1.71 bits per heavy atom. The maximum absolute atomic E-state index is 13.0. The Bertz CT molecular complexity index is 1400. The van der Waals surface area contributed by atoms with Crippen LogP contribution in [0, 0.1) is 5.92 Å². The van der Waals surface area contributed by atoms with Gasteiger partial charge in [-0.15, -0.1) is 0 Å². The van der Waals surface area contributed by atoms with Gasteiger partial charge in [0.1, 0.15) is 23.6 Å². The molecule has 10 nitrogen and oxygen atoms in total. The standard InChI is InChI=1S/C32H41N5O5/c1-31(2,3)42-30(40)37-32(28(38)33-4)17-22-15-24-25(16-23(22)18-32)35-27(34-24)26(21-13-9-6-10-14-21)36-29(39)41-19-20-11-7-5-8-12-20/h5,7-8,11-12,15-16,21,26H,6,9-10,13-14,17-19H2,1-4H3,(H,33,38)(H,34,35)(H,36,39)(H,37,40)/t26-/m0/s1. The molecule has 4 N–H and O–H groups in total. The van der Waals surface area contributed by atoms with Crippen molar-refractivity contribution in [2.75, 3.05) is 7.05 Å². The molecule has 224 valence electrons. The number of amides is 3. The Morgan fingerprint density at radius 3 is 2.38 bits per heavy atom. The number of hydrogen-bond donors (Lipinski definition) is 4. The fraction of sp³-hybridized carbons (Fsp3) is 0.500. The smallest absolute Gasteiger partial charge is 0.408 e. The second-order valence-corrected chi connectivity index (χ2v) is 12.5. The topological polar surface area (TPSA) is 134 Å². The van der Waals surface area contributed by atoms with E-state index in [0.29, 0.717) is 18.7 Å². The van der Waals surface area contributed by atoms with Crippen LogP contribution in [0.1, 0.15) is 81.4 Å². The fourth-order valence-electron chi connectivity index (χ4n) is 6.17. The number of nitrogens with zero attached hydrogens (tertiary/aromatic N) is 1. The number of nitrogens with one attached hydrogen (secondary N) is 4. The summed E-state index contributed by atoms with van der Waals surface area (Å²) in [6.45, 7) is 5.55. The number of aromatic nitrogens is 2. The third-order valence-corrected chi connectivity index (χ3v) is 8.11. The third-order valence-electron chi connectivity index (χ3n) is 8.11. The zero-order valence-corrected chi connectivity index (χ0v) is 24.8. The maximum Gasteiger partial charge on any atom is 0.408 e. The van der Waals surface area contributed by atoms with Gasteiger partial charge in [-0.2, -0.15) is 0 Å². The fourth-order valence-corrected chi connectivity index (χ4v) is 6.17. The number of alkyl carbamates (subject to hydrolysis) is 2. The van der Waals surface area contributed by atoms with Gasteiger partial charge < -0.3 is 30.4 Å². The van der Waals surface area contributed by atoms with Crippen molar-refractivity contribution in [3.63, 3.8) is 0 Å². The molecule has 2 aromatic carbocycles. The summed E-state index contributed by atoms with van der Waals surface area (Å²) in [6.07, 6.45) is 4.96. The van der Waals surface area contributed by atoms with Crippen LogP contribution >= 0.6 is 0 Å². The minimum Gasteiger partial charge on any atom is -0.445 e. The van der Waals surface area contributed by atoms with Gasteiger partial charge in [-0.1, -0.05) is 49.6 Å². The van der Waals surface area contributed by atoms with Gasteiger partial charge >= 0.3 is 12.2 Å². The lowest BCUT2D eigenvalue weighted by Crippen LogP contribution is -2.59. The molecule has 1 aromatic heterocycles. The highest BCUT2D eigenvalue weighted by Crippen LogP contribution is 2.37. The molecule has 1 unspecified atom stereocenters. The average Bonchev–Trinajstić information content (AvgIpc) is 3.53. The number of H-pyrrole nitrogens is 1. The van der Waals surface area contributed by atoms with E-state index in [9.17, 15) is 14.4 Å². The predicted octanol–water partition coefficient (Wildman–Crippen LogP) is 5.22. The van der Waals surface area contributed by atoms with Gasteiger partial charge in [-0.3, -0.25) is 4.79 Å². The normalized spacial score (nSPS) is 17.2. The minimum atomic E-state index is -1.16. The minimum absolute atomic E-state index is 0.196. The van der Waals surface area contributed by atoms with Gasteiger partial charge in [0.2, 0.25) is 5.91 Å². The SMILES string of the molecule is CNC(=O)C1(NC(=O)OC(C)(C)C)Cc2cc3nc([C@@H](NC(=O)OCc4ccccc4)C4CCCCC4)[nH]c3cc2C1. The lowest BCUT2D eigenvalue weighted by atomic mass is 9.83. The van der Waals surface area contributed by atoms with Crippen molar-refractivity contribution in [3.05, 3.63) is 65.0 Å². The lowest BCUT2D eigenvalue weighted by Gasteiger charge is -2.30. The number of benzene rings is 2. The summed E-state index contributed by atoms with van der Waals surface area (Å²) in [4.78, 5) is 47.0. The van der Waals surface area contributed by atoms with E-state index in [-0.39, 0.29) is 24.5 Å². The zero-order valence-electron chi connectivity index (χ0n) is 24.8. The zero-order chi connectivity index (χ0) is 29.9. The first-order chi connectivity index (χ1) is 20.0. The highest BCUT2D eigenvalue weighted by molar-refractivity contribution is 5.92. The molecule has 2 aliphatic carbocycles. The summed E-state index contributed by atoms with van der Waals surface area (Å²) in [5.74, 6) is 0.661. The van der Waals surface area contributed by atoms with Gasteiger partial charge in [0.25, 0.3) is 0 Å². The van der Waals surface area contributed by atoms with Gasteiger partial charge in [0.05, 0.1) is 17.1 Å². The Balaban J connectivity index is 1.37.